The van der Waals surface area contributed by atoms with Gasteiger partial charge in [-0.15, -0.1) is 0 Å². The quantitative estimate of drug-likeness (QED) is 0.836. The third-order valence-corrected chi connectivity index (χ3v) is 4.66. The maximum Gasteiger partial charge on any atom is 0.270 e. The lowest BCUT2D eigenvalue weighted by atomic mass is 10.1. The predicted molar refractivity (Wildman–Crippen MR) is 90.2 cm³/mol. The predicted octanol–water partition coefficient (Wildman–Crippen LogP) is 1.94. The second-order valence-electron chi connectivity index (χ2n) is 6.35. The second-order valence-corrected chi connectivity index (χ2v) is 6.35. The summed E-state index contributed by atoms with van der Waals surface area (Å²) in [7, 11) is 1.69. The minimum Gasteiger partial charge on any atom is -0.381 e. The van der Waals surface area contributed by atoms with Crippen LogP contribution < -0.4 is 0 Å². The molecule has 7 heteroatoms. The highest BCUT2D eigenvalue weighted by molar-refractivity contribution is 6.39. The van der Waals surface area contributed by atoms with Crippen LogP contribution in [-0.2, 0) is 20.9 Å². The third kappa shape index (κ3) is 4.22. The first-order valence-corrected chi connectivity index (χ1v) is 8.51. The van der Waals surface area contributed by atoms with Gasteiger partial charge in [-0.3, -0.25) is 9.59 Å². The summed E-state index contributed by atoms with van der Waals surface area (Å²) in [6.45, 7) is 1.52. The first-order chi connectivity index (χ1) is 12.1. The summed E-state index contributed by atoms with van der Waals surface area (Å²) in [6.07, 6.45) is 2.46. The van der Waals surface area contributed by atoms with Crippen molar-refractivity contribution in [3.63, 3.8) is 0 Å². The highest BCUT2D eigenvalue weighted by Crippen LogP contribution is 2.18. The third-order valence-electron chi connectivity index (χ3n) is 4.66. The number of halogens is 1. The van der Waals surface area contributed by atoms with E-state index in [1.54, 1.807) is 24.1 Å². The fourth-order valence-corrected chi connectivity index (χ4v) is 3.12. The van der Waals surface area contributed by atoms with Crippen molar-refractivity contribution in [2.45, 2.75) is 38.3 Å². The SMILES string of the molecule is COC1CCN(C(=O)C2=NN(Cc3ccc(F)cc3)C(=O)CC2)CC1. The van der Waals surface area contributed by atoms with E-state index in [1.165, 1.54) is 17.1 Å². The maximum absolute atomic E-state index is 13.0. The summed E-state index contributed by atoms with van der Waals surface area (Å²) in [4.78, 5) is 26.5. The van der Waals surface area contributed by atoms with Gasteiger partial charge in [0.15, 0.2) is 0 Å². The Hall–Kier alpha value is -2.28. The summed E-state index contributed by atoms with van der Waals surface area (Å²) < 4.78 is 18.3. The number of ether oxygens (including phenoxy) is 1. The van der Waals surface area contributed by atoms with Crippen molar-refractivity contribution in [2.24, 2.45) is 5.10 Å². The van der Waals surface area contributed by atoms with Crippen LogP contribution in [0.5, 0.6) is 0 Å². The number of nitrogens with zero attached hydrogens (tertiary/aromatic N) is 3. The Morgan fingerprint density at radius 1 is 1.24 bits per heavy atom. The van der Waals surface area contributed by atoms with Crippen molar-refractivity contribution in [1.82, 2.24) is 9.91 Å². The molecule has 1 aromatic rings. The van der Waals surface area contributed by atoms with Crippen LogP contribution in [0.25, 0.3) is 0 Å². The Balaban J connectivity index is 1.67. The van der Waals surface area contributed by atoms with E-state index >= 15 is 0 Å². The fourth-order valence-electron chi connectivity index (χ4n) is 3.12. The molecule has 0 bridgehead atoms. The number of methoxy groups -OCH3 is 1. The number of benzene rings is 1. The average molecular weight is 347 g/mol. The first kappa shape index (κ1) is 17.5. The molecule has 2 aliphatic rings. The molecule has 2 heterocycles. The number of carbonyl (C=O) groups is 2. The standard InChI is InChI=1S/C18H22FN3O3/c1-25-15-8-10-21(11-9-15)18(24)16-6-7-17(23)22(20-16)12-13-2-4-14(19)5-3-13/h2-5,15H,6-12H2,1H3. The zero-order valence-corrected chi connectivity index (χ0v) is 14.3. The van der Waals surface area contributed by atoms with Crippen molar-refractivity contribution in [3.8, 4) is 0 Å². The topological polar surface area (TPSA) is 62.2 Å². The lowest BCUT2D eigenvalue weighted by molar-refractivity contribution is -0.132. The molecule has 0 aromatic heterocycles. The lowest BCUT2D eigenvalue weighted by Gasteiger charge is -2.32. The van der Waals surface area contributed by atoms with Crippen LogP contribution in [0.1, 0.15) is 31.2 Å². The highest BCUT2D eigenvalue weighted by atomic mass is 19.1. The van der Waals surface area contributed by atoms with Crippen LogP contribution in [0.4, 0.5) is 4.39 Å². The molecule has 2 aliphatic heterocycles. The van der Waals surface area contributed by atoms with E-state index in [-0.39, 0.29) is 36.7 Å². The Kier molecular flexibility index (Phi) is 5.43. The van der Waals surface area contributed by atoms with Gasteiger partial charge in [-0.1, -0.05) is 12.1 Å². The molecule has 6 nitrogen and oxygen atoms in total. The largest absolute Gasteiger partial charge is 0.381 e. The van der Waals surface area contributed by atoms with Gasteiger partial charge in [0.25, 0.3) is 5.91 Å². The Morgan fingerprint density at radius 3 is 2.56 bits per heavy atom. The summed E-state index contributed by atoms with van der Waals surface area (Å²) in [5.41, 5.74) is 1.19. The Bertz CT molecular complexity index is 667. The van der Waals surface area contributed by atoms with Gasteiger partial charge in [0.1, 0.15) is 11.5 Å². The van der Waals surface area contributed by atoms with E-state index in [1.807, 2.05) is 0 Å². The van der Waals surface area contributed by atoms with Crippen LogP contribution in [0.2, 0.25) is 0 Å². The summed E-state index contributed by atoms with van der Waals surface area (Å²) >= 11 is 0. The minimum absolute atomic E-state index is 0.105. The van der Waals surface area contributed by atoms with Crippen LogP contribution >= 0.6 is 0 Å². The molecule has 25 heavy (non-hydrogen) atoms. The van der Waals surface area contributed by atoms with Gasteiger partial charge in [-0.25, -0.2) is 9.40 Å². The lowest BCUT2D eigenvalue weighted by Crippen LogP contribution is -2.45. The minimum atomic E-state index is -0.326. The Labute approximate surface area is 146 Å². The van der Waals surface area contributed by atoms with E-state index < -0.39 is 0 Å². The summed E-state index contributed by atoms with van der Waals surface area (Å²) in [6, 6.07) is 5.92. The average Bonchev–Trinajstić information content (AvgIpc) is 2.65. The molecule has 0 N–H and O–H groups in total. The molecular formula is C18H22FN3O3. The normalized spacial score (nSPS) is 19.1. The molecular weight excluding hydrogens is 325 g/mol. The van der Waals surface area contributed by atoms with Crippen molar-refractivity contribution in [3.05, 3.63) is 35.6 Å². The molecule has 1 aromatic carbocycles. The molecule has 0 aliphatic carbocycles. The molecule has 0 spiro atoms. The molecule has 2 amide bonds. The number of hydrogen-bond acceptors (Lipinski definition) is 4. The Morgan fingerprint density at radius 2 is 1.92 bits per heavy atom. The van der Waals surface area contributed by atoms with E-state index in [0.29, 0.717) is 25.2 Å². The fraction of sp³-hybridized carbons (Fsp3) is 0.500. The van der Waals surface area contributed by atoms with Gasteiger partial charge in [0.05, 0.1) is 12.6 Å². The van der Waals surface area contributed by atoms with Crippen molar-refractivity contribution < 1.29 is 18.7 Å². The monoisotopic (exact) mass is 347 g/mol. The van der Waals surface area contributed by atoms with Gasteiger partial charge < -0.3 is 9.64 Å². The van der Waals surface area contributed by atoms with Crippen LogP contribution in [0.3, 0.4) is 0 Å². The molecule has 0 radical (unpaired) electrons. The molecule has 0 saturated carbocycles. The molecule has 1 saturated heterocycles. The van der Waals surface area contributed by atoms with Crippen molar-refractivity contribution in [1.29, 1.82) is 0 Å². The molecule has 3 rings (SSSR count). The van der Waals surface area contributed by atoms with Crippen molar-refractivity contribution in [2.75, 3.05) is 20.2 Å². The van der Waals surface area contributed by atoms with Gasteiger partial charge in [0.2, 0.25) is 5.91 Å². The summed E-state index contributed by atoms with van der Waals surface area (Å²) in [5.74, 6) is -0.558. The van der Waals surface area contributed by atoms with E-state index in [4.69, 9.17) is 4.74 Å². The molecule has 0 unspecified atom stereocenters. The number of hydrazone groups is 1. The molecule has 0 atom stereocenters. The van der Waals surface area contributed by atoms with Crippen molar-refractivity contribution >= 4 is 17.5 Å². The number of piperidine rings is 1. The van der Waals surface area contributed by atoms with Gasteiger partial charge in [-0.05, 0) is 30.5 Å². The van der Waals surface area contributed by atoms with Gasteiger partial charge in [0, 0.05) is 33.0 Å². The second kappa shape index (κ2) is 7.74. The number of hydrogen-bond donors (Lipinski definition) is 0. The van der Waals surface area contributed by atoms with Crippen LogP contribution in [-0.4, -0.2) is 53.7 Å². The smallest absolute Gasteiger partial charge is 0.270 e. The molecule has 1 fully saturated rings. The number of carbonyl (C=O) groups excluding carboxylic acids is 2. The number of rotatable bonds is 4. The summed E-state index contributed by atoms with van der Waals surface area (Å²) in [5, 5.41) is 5.59. The van der Waals surface area contributed by atoms with E-state index in [9.17, 15) is 14.0 Å². The van der Waals surface area contributed by atoms with Crippen LogP contribution in [0, 0.1) is 5.82 Å². The zero-order valence-electron chi connectivity index (χ0n) is 14.3. The van der Waals surface area contributed by atoms with E-state index in [2.05, 4.69) is 5.10 Å². The first-order valence-electron chi connectivity index (χ1n) is 8.51. The maximum atomic E-state index is 13.0. The van der Waals surface area contributed by atoms with Crippen LogP contribution in [0.15, 0.2) is 29.4 Å². The number of likely N-dealkylation sites (tertiary alicyclic amines) is 1. The highest BCUT2D eigenvalue weighted by Gasteiger charge is 2.29. The van der Waals surface area contributed by atoms with Gasteiger partial charge in [-0.2, -0.15) is 5.10 Å². The van der Waals surface area contributed by atoms with Gasteiger partial charge >= 0.3 is 0 Å². The zero-order chi connectivity index (χ0) is 17.8. The number of amides is 2. The van der Waals surface area contributed by atoms with E-state index in [0.717, 1.165) is 18.4 Å². The molecule has 134 valence electrons.